The van der Waals surface area contributed by atoms with Gasteiger partial charge in [-0.2, -0.15) is 0 Å². The molecule has 0 saturated heterocycles. The van der Waals surface area contributed by atoms with Crippen LogP contribution in [0.15, 0.2) is 61.2 Å². The molecule has 0 aliphatic rings. The second-order valence-corrected chi connectivity index (χ2v) is 6.20. The highest BCUT2D eigenvalue weighted by Crippen LogP contribution is 2.33. The van der Waals surface area contributed by atoms with Crippen molar-refractivity contribution in [3.8, 4) is 0 Å². The van der Waals surface area contributed by atoms with Gasteiger partial charge < -0.3 is 5.73 Å². The van der Waals surface area contributed by atoms with Crippen LogP contribution in [0.25, 0.3) is 15.7 Å². The lowest BCUT2D eigenvalue weighted by Gasteiger charge is -2.12. The van der Waals surface area contributed by atoms with Crippen LogP contribution in [-0.4, -0.2) is 0 Å². The van der Waals surface area contributed by atoms with Crippen molar-refractivity contribution < 1.29 is 4.39 Å². The first-order chi connectivity index (χ1) is 10.1. The molecule has 0 spiro atoms. The van der Waals surface area contributed by atoms with E-state index < -0.39 is 0 Å². The summed E-state index contributed by atoms with van der Waals surface area (Å²) in [5.74, 6) is -0.210. The van der Waals surface area contributed by atoms with E-state index in [0.717, 1.165) is 26.1 Å². The zero-order valence-corrected chi connectivity index (χ0v) is 13.6. The Balaban J connectivity index is 0.00000176. The maximum Gasteiger partial charge on any atom is 0.123 e. The highest BCUT2D eigenvalue weighted by molar-refractivity contribution is 7.20. The van der Waals surface area contributed by atoms with Gasteiger partial charge in [-0.05, 0) is 47.2 Å². The summed E-state index contributed by atoms with van der Waals surface area (Å²) in [6.45, 7) is 4.14. The van der Waals surface area contributed by atoms with E-state index in [2.05, 4.69) is 6.58 Å². The monoisotopic (exact) mass is 333 g/mol. The summed E-state index contributed by atoms with van der Waals surface area (Å²) in [4.78, 5) is 1.07. The minimum Gasteiger partial charge on any atom is -0.324 e. The third-order valence-electron chi connectivity index (χ3n) is 3.52. The molecule has 22 heavy (non-hydrogen) atoms. The molecular formula is C18H17ClFNS. The Kier molecular flexibility index (Phi) is 5.35. The average Bonchev–Trinajstić information content (AvgIpc) is 2.91. The number of thiophene rings is 1. The molecule has 0 fully saturated rings. The normalized spacial score (nSPS) is 11.9. The molecule has 1 nitrogen and oxygen atoms in total. The van der Waals surface area contributed by atoms with Gasteiger partial charge in [0.2, 0.25) is 0 Å². The molecule has 0 saturated carbocycles. The van der Waals surface area contributed by atoms with Crippen molar-refractivity contribution in [2.75, 3.05) is 0 Å². The smallest absolute Gasteiger partial charge is 0.123 e. The SMILES string of the molecule is C=C(CC(N)c1ccccc1)c1cc2cc(F)ccc2s1.Cl. The number of benzene rings is 2. The molecule has 3 aromatic rings. The van der Waals surface area contributed by atoms with E-state index in [1.54, 1.807) is 17.4 Å². The van der Waals surface area contributed by atoms with E-state index in [4.69, 9.17) is 5.73 Å². The Morgan fingerprint density at radius 3 is 2.59 bits per heavy atom. The molecule has 0 bridgehead atoms. The van der Waals surface area contributed by atoms with E-state index in [9.17, 15) is 4.39 Å². The molecule has 4 heteroatoms. The third-order valence-corrected chi connectivity index (χ3v) is 4.74. The number of hydrogen-bond donors (Lipinski definition) is 1. The lowest BCUT2D eigenvalue weighted by molar-refractivity contribution is 0.630. The van der Waals surface area contributed by atoms with Crippen LogP contribution in [0.4, 0.5) is 4.39 Å². The Bertz CT molecular complexity index is 782. The predicted octanol–water partition coefficient (Wildman–Crippen LogP) is 5.57. The molecule has 114 valence electrons. The Morgan fingerprint density at radius 2 is 1.86 bits per heavy atom. The van der Waals surface area contributed by atoms with Crippen LogP contribution in [0.2, 0.25) is 0 Å². The summed E-state index contributed by atoms with van der Waals surface area (Å²) < 4.78 is 14.3. The molecule has 0 amide bonds. The second kappa shape index (κ2) is 7.05. The van der Waals surface area contributed by atoms with Gasteiger partial charge in [0.05, 0.1) is 0 Å². The van der Waals surface area contributed by atoms with Crippen LogP contribution in [0.5, 0.6) is 0 Å². The maximum atomic E-state index is 13.2. The first-order valence-electron chi connectivity index (χ1n) is 6.81. The van der Waals surface area contributed by atoms with Crippen molar-refractivity contribution in [2.24, 2.45) is 5.73 Å². The molecule has 2 aromatic carbocycles. The van der Waals surface area contributed by atoms with Gasteiger partial charge in [-0.25, -0.2) is 4.39 Å². The quantitative estimate of drug-likeness (QED) is 0.664. The largest absolute Gasteiger partial charge is 0.324 e. The lowest BCUT2D eigenvalue weighted by Crippen LogP contribution is -2.10. The summed E-state index contributed by atoms with van der Waals surface area (Å²) in [7, 11) is 0. The summed E-state index contributed by atoms with van der Waals surface area (Å²) >= 11 is 1.63. The summed E-state index contributed by atoms with van der Waals surface area (Å²) in [5.41, 5.74) is 8.33. The minimum atomic E-state index is -0.210. The highest BCUT2D eigenvalue weighted by atomic mass is 35.5. The van der Waals surface area contributed by atoms with Crippen molar-refractivity contribution in [1.29, 1.82) is 0 Å². The number of rotatable bonds is 4. The van der Waals surface area contributed by atoms with E-state index in [-0.39, 0.29) is 24.3 Å². The first kappa shape index (κ1) is 16.7. The maximum absolute atomic E-state index is 13.2. The molecule has 1 unspecified atom stereocenters. The zero-order chi connectivity index (χ0) is 14.8. The molecule has 0 aliphatic carbocycles. The van der Waals surface area contributed by atoms with Gasteiger partial charge in [0.1, 0.15) is 5.82 Å². The topological polar surface area (TPSA) is 26.0 Å². The minimum absolute atomic E-state index is 0. The molecule has 1 aromatic heterocycles. The number of hydrogen-bond acceptors (Lipinski definition) is 2. The van der Waals surface area contributed by atoms with Gasteiger partial charge in [0.25, 0.3) is 0 Å². The molecular weight excluding hydrogens is 317 g/mol. The van der Waals surface area contributed by atoms with Crippen molar-refractivity contribution >= 4 is 39.4 Å². The molecule has 1 heterocycles. The van der Waals surface area contributed by atoms with Gasteiger partial charge in [0.15, 0.2) is 0 Å². The Hall–Kier alpha value is -1.68. The third kappa shape index (κ3) is 3.55. The molecule has 1 atom stereocenters. The van der Waals surface area contributed by atoms with Gasteiger partial charge in [0, 0.05) is 15.6 Å². The van der Waals surface area contributed by atoms with Crippen molar-refractivity contribution in [1.82, 2.24) is 0 Å². The predicted molar refractivity (Wildman–Crippen MR) is 96.1 cm³/mol. The fraction of sp³-hybridized carbons (Fsp3) is 0.111. The van der Waals surface area contributed by atoms with Crippen LogP contribution >= 0.6 is 23.7 Å². The van der Waals surface area contributed by atoms with Gasteiger partial charge in [-0.3, -0.25) is 0 Å². The van der Waals surface area contributed by atoms with Crippen molar-refractivity contribution in [3.63, 3.8) is 0 Å². The van der Waals surface area contributed by atoms with Crippen molar-refractivity contribution in [2.45, 2.75) is 12.5 Å². The standard InChI is InChI=1S/C18H16FNS.ClH/c1-12(9-16(20)13-5-3-2-4-6-13)18-11-14-10-15(19)7-8-17(14)21-18;/h2-8,10-11,16H,1,9,20H2;1H. The fourth-order valence-corrected chi connectivity index (χ4v) is 3.39. The summed E-state index contributed by atoms with van der Waals surface area (Å²) in [6.07, 6.45) is 0.694. The zero-order valence-electron chi connectivity index (χ0n) is 12.0. The van der Waals surface area contributed by atoms with Crippen LogP contribution in [0.3, 0.4) is 0 Å². The van der Waals surface area contributed by atoms with Crippen LogP contribution in [0.1, 0.15) is 22.9 Å². The van der Waals surface area contributed by atoms with E-state index in [1.807, 2.05) is 42.5 Å². The van der Waals surface area contributed by atoms with Crippen LogP contribution < -0.4 is 5.73 Å². The van der Waals surface area contributed by atoms with E-state index in [0.29, 0.717) is 6.42 Å². The van der Waals surface area contributed by atoms with Crippen molar-refractivity contribution in [3.05, 3.63) is 77.4 Å². The average molecular weight is 334 g/mol. The van der Waals surface area contributed by atoms with Gasteiger partial charge in [-0.15, -0.1) is 23.7 Å². The second-order valence-electron chi connectivity index (χ2n) is 5.12. The number of halogens is 2. The van der Waals surface area contributed by atoms with Gasteiger partial charge in [-0.1, -0.05) is 36.9 Å². The highest BCUT2D eigenvalue weighted by Gasteiger charge is 2.11. The molecule has 2 N–H and O–H groups in total. The summed E-state index contributed by atoms with van der Waals surface area (Å²) in [5, 5.41) is 0.921. The summed E-state index contributed by atoms with van der Waals surface area (Å²) in [6, 6.07) is 16.8. The fourth-order valence-electron chi connectivity index (χ4n) is 2.37. The Labute approximate surface area is 139 Å². The lowest BCUT2D eigenvalue weighted by atomic mass is 10.00. The first-order valence-corrected chi connectivity index (χ1v) is 7.63. The molecule has 0 aliphatic heterocycles. The Morgan fingerprint density at radius 1 is 1.14 bits per heavy atom. The number of fused-ring (bicyclic) bond motifs is 1. The number of nitrogens with two attached hydrogens (primary N) is 1. The van der Waals surface area contributed by atoms with E-state index >= 15 is 0 Å². The van der Waals surface area contributed by atoms with Crippen LogP contribution in [-0.2, 0) is 0 Å². The molecule has 0 radical (unpaired) electrons. The molecule has 3 rings (SSSR count). The van der Waals surface area contributed by atoms with Gasteiger partial charge >= 0.3 is 0 Å². The van der Waals surface area contributed by atoms with E-state index in [1.165, 1.54) is 6.07 Å². The van der Waals surface area contributed by atoms with Crippen LogP contribution in [0, 0.1) is 5.82 Å².